The smallest absolute Gasteiger partial charge is 0.256 e. The molecule has 6 heteroatoms. The second-order valence-corrected chi connectivity index (χ2v) is 7.99. The lowest BCUT2D eigenvalue weighted by Crippen LogP contribution is -2.49. The Morgan fingerprint density at radius 2 is 1.62 bits per heavy atom. The topological polar surface area (TPSA) is 61.5 Å². The monoisotopic (exact) mass is 430 g/mol. The van der Waals surface area contributed by atoms with E-state index in [1.165, 1.54) is 11.1 Å². The van der Waals surface area contributed by atoms with E-state index in [0.717, 1.165) is 26.2 Å². The Balaban J connectivity index is 1.55. The number of methoxy groups -OCH3 is 1. The summed E-state index contributed by atoms with van der Waals surface area (Å²) in [6.07, 6.45) is 2.20. The summed E-state index contributed by atoms with van der Waals surface area (Å²) in [5, 5.41) is 0. The van der Waals surface area contributed by atoms with E-state index in [4.69, 9.17) is 9.72 Å². The van der Waals surface area contributed by atoms with Gasteiger partial charge in [-0.2, -0.15) is 0 Å². The summed E-state index contributed by atoms with van der Waals surface area (Å²) in [4.78, 5) is 25.0. The van der Waals surface area contributed by atoms with E-state index in [1.807, 2.05) is 0 Å². The molecular weight excluding hydrogens is 400 g/mol. The van der Waals surface area contributed by atoms with E-state index in [0.29, 0.717) is 30.2 Å². The average Bonchev–Trinajstić information content (AvgIpc) is 2.83. The van der Waals surface area contributed by atoms with Crippen LogP contribution in [0.15, 0.2) is 78.1 Å². The fourth-order valence-corrected chi connectivity index (χ4v) is 4.37. The summed E-state index contributed by atoms with van der Waals surface area (Å²) in [6.45, 7) is 7.36. The number of nitrogens with one attached hydrogen (secondary N) is 1. The Kier molecular flexibility index (Phi) is 7.14. The minimum absolute atomic E-state index is 0.115. The van der Waals surface area contributed by atoms with Crippen molar-refractivity contribution >= 4 is 5.95 Å². The maximum atomic E-state index is 12.7. The molecule has 0 amide bonds. The normalized spacial score (nSPS) is 14.6. The number of aromatic nitrogens is 2. The van der Waals surface area contributed by atoms with Gasteiger partial charge in [0, 0.05) is 38.9 Å². The number of allylic oxidation sites excluding steroid dienone is 1. The first-order valence-electron chi connectivity index (χ1n) is 11.0. The number of benzene rings is 2. The van der Waals surface area contributed by atoms with Crippen molar-refractivity contribution in [1.29, 1.82) is 0 Å². The fraction of sp³-hybridized carbons (Fsp3) is 0.308. The van der Waals surface area contributed by atoms with Crippen molar-refractivity contribution in [1.82, 2.24) is 14.9 Å². The molecule has 1 fully saturated rings. The van der Waals surface area contributed by atoms with Crippen LogP contribution in [-0.4, -0.2) is 48.2 Å². The molecule has 4 rings (SSSR count). The largest absolute Gasteiger partial charge is 0.378 e. The van der Waals surface area contributed by atoms with Crippen molar-refractivity contribution in [2.45, 2.75) is 19.1 Å². The Hall–Kier alpha value is -3.22. The molecule has 6 nitrogen and oxygen atoms in total. The SMILES string of the molecule is C=CCc1c(COC)nc(N2CCN(C(c3ccccc3)c3ccccc3)CC2)[nH]c1=O. The number of aromatic amines is 1. The molecule has 0 bridgehead atoms. The quantitative estimate of drug-likeness (QED) is 0.554. The molecule has 0 atom stereocenters. The second kappa shape index (κ2) is 10.4. The van der Waals surface area contributed by atoms with Gasteiger partial charge in [-0.1, -0.05) is 66.7 Å². The maximum Gasteiger partial charge on any atom is 0.256 e. The highest BCUT2D eigenvalue weighted by Crippen LogP contribution is 2.29. The Morgan fingerprint density at radius 3 is 2.16 bits per heavy atom. The first kappa shape index (κ1) is 22.0. The van der Waals surface area contributed by atoms with E-state index in [2.05, 4.69) is 82.0 Å². The Morgan fingerprint density at radius 1 is 1.03 bits per heavy atom. The highest BCUT2D eigenvalue weighted by atomic mass is 16.5. The number of hydrogen-bond acceptors (Lipinski definition) is 5. The molecule has 1 aliphatic heterocycles. The molecule has 2 aromatic carbocycles. The average molecular weight is 431 g/mol. The molecule has 1 saturated heterocycles. The molecule has 3 aromatic rings. The zero-order valence-electron chi connectivity index (χ0n) is 18.5. The van der Waals surface area contributed by atoms with Gasteiger partial charge in [-0.05, 0) is 17.5 Å². The zero-order chi connectivity index (χ0) is 22.3. The van der Waals surface area contributed by atoms with Gasteiger partial charge < -0.3 is 9.64 Å². The summed E-state index contributed by atoms with van der Waals surface area (Å²) in [7, 11) is 1.62. The lowest BCUT2D eigenvalue weighted by atomic mass is 9.96. The van der Waals surface area contributed by atoms with Crippen LogP contribution in [0.3, 0.4) is 0 Å². The minimum Gasteiger partial charge on any atom is -0.378 e. The lowest BCUT2D eigenvalue weighted by molar-refractivity contribution is 0.180. The maximum absolute atomic E-state index is 12.7. The number of hydrogen-bond donors (Lipinski definition) is 1. The van der Waals surface area contributed by atoms with Crippen molar-refractivity contribution in [3.8, 4) is 0 Å². The van der Waals surface area contributed by atoms with Crippen molar-refractivity contribution in [2.24, 2.45) is 0 Å². The van der Waals surface area contributed by atoms with Crippen LogP contribution >= 0.6 is 0 Å². The van der Waals surface area contributed by atoms with Crippen LogP contribution < -0.4 is 10.5 Å². The number of piperazine rings is 1. The summed E-state index contributed by atoms with van der Waals surface area (Å²) < 4.78 is 5.28. The molecule has 0 radical (unpaired) electrons. The van der Waals surface area contributed by atoms with Gasteiger partial charge >= 0.3 is 0 Å². The van der Waals surface area contributed by atoms with E-state index in [1.54, 1.807) is 13.2 Å². The summed E-state index contributed by atoms with van der Waals surface area (Å²) in [5.41, 5.74) is 3.76. The molecule has 32 heavy (non-hydrogen) atoms. The van der Waals surface area contributed by atoms with Crippen LogP contribution in [0.25, 0.3) is 0 Å². The highest BCUT2D eigenvalue weighted by Gasteiger charge is 2.27. The van der Waals surface area contributed by atoms with Crippen molar-refractivity contribution in [2.75, 3.05) is 38.2 Å². The number of ether oxygens (including phenoxy) is 1. The van der Waals surface area contributed by atoms with Crippen LogP contribution in [0, 0.1) is 0 Å². The third-order valence-electron chi connectivity index (χ3n) is 5.93. The number of rotatable bonds is 8. The molecule has 0 unspecified atom stereocenters. The highest BCUT2D eigenvalue weighted by molar-refractivity contribution is 5.36. The number of nitrogens with zero attached hydrogens (tertiary/aromatic N) is 3. The van der Waals surface area contributed by atoms with Gasteiger partial charge in [0.2, 0.25) is 5.95 Å². The van der Waals surface area contributed by atoms with Gasteiger partial charge in [-0.3, -0.25) is 14.7 Å². The first-order valence-corrected chi connectivity index (χ1v) is 11.0. The summed E-state index contributed by atoms with van der Waals surface area (Å²) >= 11 is 0. The van der Waals surface area contributed by atoms with Crippen LogP contribution in [0.5, 0.6) is 0 Å². The predicted octanol–water partition coefficient (Wildman–Crippen LogP) is 3.56. The molecule has 166 valence electrons. The van der Waals surface area contributed by atoms with Crippen LogP contribution in [0.4, 0.5) is 5.95 Å². The first-order chi connectivity index (χ1) is 15.7. The minimum atomic E-state index is -0.115. The van der Waals surface area contributed by atoms with E-state index in [-0.39, 0.29) is 11.6 Å². The molecule has 1 N–H and O–H groups in total. The van der Waals surface area contributed by atoms with E-state index >= 15 is 0 Å². The number of H-pyrrole nitrogens is 1. The van der Waals surface area contributed by atoms with Crippen molar-refractivity contribution in [3.63, 3.8) is 0 Å². The third kappa shape index (κ3) is 4.82. The van der Waals surface area contributed by atoms with Crippen molar-refractivity contribution < 1.29 is 4.74 Å². The van der Waals surface area contributed by atoms with Gasteiger partial charge in [0.25, 0.3) is 5.56 Å². The van der Waals surface area contributed by atoms with E-state index < -0.39 is 0 Å². The predicted molar refractivity (Wildman–Crippen MR) is 128 cm³/mol. The van der Waals surface area contributed by atoms with Crippen LogP contribution in [-0.2, 0) is 17.8 Å². The number of anilines is 1. The Bertz CT molecular complexity index is 1030. The second-order valence-electron chi connectivity index (χ2n) is 7.99. The van der Waals surface area contributed by atoms with Crippen LogP contribution in [0.2, 0.25) is 0 Å². The lowest BCUT2D eigenvalue weighted by Gasteiger charge is -2.40. The van der Waals surface area contributed by atoms with Crippen LogP contribution in [0.1, 0.15) is 28.4 Å². The standard InChI is InChI=1S/C26H30N4O2/c1-3-10-22-23(19-32-2)27-26(28-25(22)31)30-17-15-29(16-18-30)24(20-11-6-4-7-12-20)21-13-8-5-9-14-21/h3-9,11-14,24H,1,10,15-19H2,2H3,(H,27,28,31). The molecule has 1 aliphatic rings. The molecule has 0 spiro atoms. The summed E-state index contributed by atoms with van der Waals surface area (Å²) in [6, 6.07) is 21.5. The van der Waals surface area contributed by atoms with Gasteiger partial charge in [0.1, 0.15) is 0 Å². The summed E-state index contributed by atoms with van der Waals surface area (Å²) in [5.74, 6) is 0.616. The molecule has 0 aliphatic carbocycles. The third-order valence-corrected chi connectivity index (χ3v) is 5.93. The van der Waals surface area contributed by atoms with Gasteiger partial charge in [-0.15, -0.1) is 6.58 Å². The van der Waals surface area contributed by atoms with Gasteiger partial charge in [0.15, 0.2) is 0 Å². The van der Waals surface area contributed by atoms with Crippen molar-refractivity contribution in [3.05, 3.63) is 106 Å². The molecular formula is C26H30N4O2. The Labute approximate surface area is 189 Å². The van der Waals surface area contributed by atoms with Gasteiger partial charge in [0.05, 0.1) is 18.3 Å². The molecule has 0 saturated carbocycles. The van der Waals surface area contributed by atoms with Gasteiger partial charge in [-0.25, -0.2) is 4.98 Å². The molecule has 2 heterocycles. The molecule has 1 aromatic heterocycles. The zero-order valence-corrected chi connectivity index (χ0v) is 18.5. The fourth-order valence-electron chi connectivity index (χ4n) is 4.37. The van der Waals surface area contributed by atoms with E-state index in [9.17, 15) is 4.79 Å².